The van der Waals surface area contributed by atoms with Crippen molar-refractivity contribution in [2.45, 2.75) is 53.0 Å². The highest BCUT2D eigenvalue weighted by Gasteiger charge is 2.40. The molecule has 0 aromatic heterocycles. The minimum Gasteiger partial charge on any atom is -0.399 e. The van der Waals surface area contributed by atoms with Crippen molar-refractivity contribution in [3.8, 4) is 0 Å². The lowest BCUT2D eigenvalue weighted by Crippen LogP contribution is -2.54. The molecule has 2 N–H and O–H groups in total. The molecule has 1 aliphatic heterocycles. The van der Waals surface area contributed by atoms with Crippen LogP contribution in [0.3, 0.4) is 0 Å². The van der Waals surface area contributed by atoms with E-state index in [2.05, 4.69) is 41.5 Å². The zero-order valence-electron chi connectivity index (χ0n) is 13.4. The third-order valence-electron chi connectivity index (χ3n) is 4.55. The molecule has 1 aromatic rings. The van der Waals surface area contributed by atoms with E-state index in [-0.39, 0.29) is 22.8 Å². The van der Waals surface area contributed by atoms with E-state index in [1.54, 1.807) is 0 Å². The van der Waals surface area contributed by atoms with Crippen molar-refractivity contribution < 1.29 is 4.79 Å². The number of anilines is 1. The largest absolute Gasteiger partial charge is 0.399 e. The summed E-state index contributed by atoms with van der Waals surface area (Å²) < 4.78 is 0. The van der Waals surface area contributed by atoms with Crippen LogP contribution in [0.25, 0.3) is 0 Å². The summed E-state index contributed by atoms with van der Waals surface area (Å²) in [5, 5.41) is 0. The molecular formula is C17H26N2O. The van der Waals surface area contributed by atoms with Crippen molar-refractivity contribution in [1.82, 2.24) is 4.90 Å². The molecule has 1 aliphatic rings. The molecule has 1 amide bonds. The molecule has 110 valence electrons. The van der Waals surface area contributed by atoms with Crippen molar-refractivity contribution in [3.05, 3.63) is 29.3 Å². The monoisotopic (exact) mass is 274 g/mol. The van der Waals surface area contributed by atoms with Crippen LogP contribution >= 0.6 is 0 Å². The van der Waals surface area contributed by atoms with E-state index >= 15 is 0 Å². The molecule has 0 unspecified atom stereocenters. The first kappa shape index (κ1) is 14.9. The number of hydrogen-bond donors (Lipinski definition) is 1. The highest BCUT2D eigenvalue weighted by Crippen LogP contribution is 2.37. The molecule has 2 rings (SSSR count). The molecule has 3 heteroatoms. The van der Waals surface area contributed by atoms with Crippen LogP contribution in [0.2, 0.25) is 0 Å². The smallest absolute Gasteiger partial charge is 0.254 e. The average molecular weight is 274 g/mol. The number of benzene rings is 1. The van der Waals surface area contributed by atoms with Gasteiger partial charge in [-0.3, -0.25) is 4.79 Å². The SMILES string of the molecule is C[C@H](N1CC(C)(C)c2ccc(N)cc2C1=O)C(C)(C)C. The summed E-state index contributed by atoms with van der Waals surface area (Å²) >= 11 is 0. The molecule has 0 fully saturated rings. The number of hydrogen-bond acceptors (Lipinski definition) is 2. The standard InChI is InChI=1S/C17H26N2O/c1-11(16(2,3)4)19-10-17(5,6)14-8-7-12(18)9-13(14)15(19)20/h7-9,11H,10,18H2,1-6H3/t11-/m0/s1. The van der Waals surface area contributed by atoms with Gasteiger partial charge >= 0.3 is 0 Å². The maximum absolute atomic E-state index is 12.8. The molecule has 20 heavy (non-hydrogen) atoms. The van der Waals surface area contributed by atoms with E-state index in [1.165, 1.54) is 0 Å². The van der Waals surface area contributed by atoms with Crippen LogP contribution in [0, 0.1) is 5.41 Å². The van der Waals surface area contributed by atoms with E-state index in [4.69, 9.17) is 5.73 Å². The van der Waals surface area contributed by atoms with Crippen molar-refractivity contribution in [3.63, 3.8) is 0 Å². The van der Waals surface area contributed by atoms with Crippen molar-refractivity contribution in [2.75, 3.05) is 12.3 Å². The van der Waals surface area contributed by atoms with Crippen LogP contribution in [0.4, 0.5) is 5.69 Å². The first-order valence-electron chi connectivity index (χ1n) is 7.25. The van der Waals surface area contributed by atoms with E-state index in [9.17, 15) is 4.79 Å². The Morgan fingerprint density at radius 1 is 1.30 bits per heavy atom. The Kier molecular flexibility index (Phi) is 3.35. The Hall–Kier alpha value is -1.51. The fourth-order valence-electron chi connectivity index (χ4n) is 2.85. The number of rotatable bonds is 1. The van der Waals surface area contributed by atoms with E-state index < -0.39 is 0 Å². The lowest BCUT2D eigenvalue weighted by molar-refractivity contribution is 0.0451. The predicted molar refractivity (Wildman–Crippen MR) is 83.8 cm³/mol. The number of nitrogens with zero attached hydrogens (tertiary/aromatic N) is 1. The zero-order chi connectivity index (χ0) is 15.3. The maximum atomic E-state index is 12.8. The minimum atomic E-state index is -0.0452. The predicted octanol–water partition coefficient (Wildman–Crippen LogP) is 3.44. The molecule has 0 spiro atoms. The van der Waals surface area contributed by atoms with Gasteiger partial charge in [0.15, 0.2) is 0 Å². The Balaban J connectivity index is 2.51. The molecule has 0 radical (unpaired) electrons. The molecule has 3 nitrogen and oxygen atoms in total. The first-order chi connectivity index (χ1) is 9.04. The number of carbonyl (C=O) groups excluding carboxylic acids is 1. The second-order valence-corrected chi connectivity index (χ2v) is 7.66. The van der Waals surface area contributed by atoms with Gasteiger partial charge in [0, 0.05) is 29.3 Å². The molecule has 0 saturated carbocycles. The number of nitrogens with two attached hydrogens (primary N) is 1. The Bertz CT molecular complexity index is 540. The van der Waals surface area contributed by atoms with Gasteiger partial charge in [0.05, 0.1) is 0 Å². The second-order valence-electron chi connectivity index (χ2n) is 7.66. The summed E-state index contributed by atoms with van der Waals surface area (Å²) in [7, 11) is 0. The van der Waals surface area contributed by atoms with Crippen LogP contribution in [-0.2, 0) is 5.41 Å². The van der Waals surface area contributed by atoms with Gasteiger partial charge in [-0.1, -0.05) is 40.7 Å². The third kappa shape index (κ3) is 2.41. The number of amides is 1. The lowest BCUT2D eigenvalue weighted by Gasteiger charge is -2.46. The van der Waals surface area contributed by atoms with E-state index in [0.29, 0.717) is 5.69 Å². The molecular weight excluding hydrogens is 248 g/mol. The maximum Gasteiger partial charge on any atom is 0.254 e. The van der Waals surface area contributed by atoms with E-state index in [0.717, 1.165) is 17.7 Å². The fourth-order valence-corrected chi connectivity index (χ4v) is 2.85. The normalized spacial score (nSPS) is 19.7. The van der Waals surface area contributed by atoms with Crippen LogP contribution in [-0.4, -0.2) is 23.4 Å². The lowest BCUT2D eigenvalue weighted by atomic mass is 9.75. The molecule has 1 heterocycles. The third-order valence-corrected chi connectivity index (χ3v) is 4.55. The summed E-state index contributed by atoms with van der Waals surface area (Å²) in [6.45, 7) is 13.8. The Morgan fingerprint density at radius 2 is 1.90 bits per heavy atom. The van der Waals surface area contributed by atoms with Gasteiger partial charge in [0.2, 0.25) is 0 Å². The van der Waals surface area contributed by atoms with Gasteiger partial charge in [-0.2, -0.15) is 0 Å². The molecule has 1 atom stereocenters. The van der Waals surface area contributed by atoms with Crippen LogP contribution in [0.15, 0.2) is 18.2 Å². The van der Waals surface area contributed by atoms with Crippen LogP contribution in [0.5, 0.6) is 0 Å². The summed E-state index contributed by atoms with van der Waals surface area (Å²) in [4.78, 5) is 14.8. The summed E-state index contributed by atoms with van der Waals surface area (Å²) in [5.74, 6) is 0.106. The highest BCUT2D eigenvalue weighted by molar-refractivity contribution is 5.98. The molecule has 0 aliphatic carbocycles. The van der Waals surface area contributed by atoms with Crippen molar-refractivity contribution in [1.29, 1.82) is 0 Å². The highest BCUT2D eigenvalue weighted by atomic mass is 16.2. The van der Waals surface area contributed by atoms with Crippen molar-refractivity contribution >= 4 is 11.6 Å². The average Bonchev–Trinajstić information content (AvgIpc) is 2.31. The van der Waals surface area contributed by atoms with Crippen LogP contribution < -0.4 is 5.73 Å². The van der Waals surface area contributed by atoms with E-state index in [1.807, 2.05) is 23.1 Å². The molecule has 0 bridgehead atoms. The summed E-state index contributed by atoms with van der Waals surface area (Å²) in [6, 6.07) is 5.89. The van der Waals surface area contributed by atoms with Gasteiger partial charge in [-0.25, -0.2) is 0 Å². The van der Waals surface area contributed by atoms with Gasteiger partial charge in [-0.15, -0.1) is 0 Å². The van der Waals surface area contributed by atoms with Gasteiger partial charge < -0.3 is 10.6 Å². The second kappa shape index (κ2) is 4.51. The Labute approximate surface area is 122 Å². The Morgan fingerprint density at radius 3 is 2.45 bits per heavy atom. The minimum absolute atomic E-state index is 0.0452. The molecule has 0 saturated heterocycles. The summed E-state index contributed by atoms with van der Waals surface area (Å²) in [6.07, 6.45) is 0. The summed E-state index contributed by atoms with van der Waals surface area (Å²) in [5.41, 5.74) is 8.40. The van der Waals surface area contributed by atoms with Gasteiger partial charge in [-0.05, 0) is 30.0 Å². The zero-order valence-corrected chi connectivity index (χ0v) is 13.4. The van der Waals surface area contributed by atoms with Crippen molar-refractivity contribution in [2.24, 2.45) is 5.41 Å². The topological polar surface area (TPSA) is 46.3 Å². The number of fused-ring (bicyclic) bond motifs is 1. The quantitative estimate of drug-likeness (QED) is 0.797. The first-order valence-corrected chi connectivity index (χ1v) is 7.25. The van der Waals surface area contributed by atoms with Gasteiger partial charge in [0.25, 0.3) is 5.91 Å². The number of nitrogen functional groups attached to an aromatic ring is 1. The number of carbonyl (C=O) groups is 1. The molecule has 1 aromatic carbocycles. The van der Waals surface area contributed by atoms with Gasteiger partial charge in [0.1, 0.15) is 0 Å². The fraction of sp³-hybridized carbons (Fsp3) is 0.588. The van der Waals surface area contributed by atoms with Crippen LogP contribution in [0.1, 0.15) is 57.5 Å².